The Hall–Kier alpha value is -2.42. The molecular weight excluding hydrogens is 262 g/mol. The highest BCUT2D eigenvalue weighted by molar-refractivity contribution is 6.13. The molecule has 0 spiro atoms. The van der Waals surface area contributed by atoms with E-state index in [-0.39, 0.29) is 5.97 Å². The largest absolute Gasteiger partial charge is 0.464 e. The van der Waals surface area contributed by atoms with Gasteiger partial charge in [0, 0.05) is 11.1 Å². The lowest BCUT2D eigenvalue weighted by atomic mass is 10.0. The summed E-state index contributed by atoms with van der Waals surface area (Å²) in [5.41, 5.74) is 2.77. The summed E-state index contributed by atoms with van der Waals surface area (Å²) < 4.78 is 5.03. The lowest BCUT2D eigenvalue weighted by Crippen LogP contribution is -2.20. The third-order valence-electron chi connectivity index (χ3n) is 3.04. The second-order valence-corrected chi connectivity index (χ2v) is 4.64. The van der Waals surface area contributed by atoms with E-state index < -0.39 is 6.04 Å². The van der Waals surface area contributed by atoms with Crippen LogP contribution in [0.2, 0.25) is 0 Å². The average molecular weight is 281 g/mol. The lowest BCUT2D eigenvalue weighted by Gasteiger charge is -2.11. The van der Waals surface area contributed by atoms with Crippen molar-refractivity contribution in [2.75, 3.05) is 6.61 Å². The van der Waals surface area contributed by atoms with Crippen molar-refractivity contribution in [2.45, 2.75) is 19.9 Å². The third kappa shape index (κ3) is 4.02. The number of ether oxygens (including phenoxy) is 1. The predicted octanol–water partition coefficient (Wildman–Crippen LogP) is 3.48. The monoisotopic (exact) mass is 281 g/mol. The van der Waals surface area contributed by atoms with E-state index in [4.69, 9.17) is 4.74 Å². The molecule has 3 heteroatoms. The Labute approximate surface area is 125 Å². The Bertz CT molecular complexity index is 564. The zero-order chi connectivity index (χ0) is 15.1. The third-order valence-corrected chi connectivity index (χ3v) is 3.04. The maximum Gasteiger partial charge on any atom is 0.330 e. The lowest BCUT2D eigenvalue weighted by molar-refractivity contribution is -0.144. The summed E-state index contributed by atoms with van der Waals surface area (Å²) in [5, 5.41) is 0. The van der Waals surface area contributed by atoms with Gasteiger partial charge in [0.25, 0.3) is 0 Å². The molecule has 108 valence electrons. The average Bonchev–Trinajstić information content (AvgIpc) is 2.54. The minimum Gasteiger partial charge on any atom is -0.464 e. The second-order valence-electron chi connectivity index (χ2n) is 4.64. The van der Waals surface area contributed by atoms with Crippen molar-refractivity contribution in [1.82, 2.24) is 0 Å². The Morgan fingerprint density at radius 1 is 1.00 bits per heavy atom. The molecule has 0 bridgehead atoms. The molecule has 1 atom stereocenters. The van der Waals surface area contributed by atoms with E-state index in [0.717, 1.165) is 16.8 Å². The first-order valence-electron chi connectivity index (χ1n) is 7.07. The van der Waals surface area contributed by atoms with Gasteiger partial charge in [-0.15, -0.1) is 0 Å². The summed E-state index contributed by atoms with van der Waals surface area (Å²) in [5.74, 6) is -0.304. The van der Waals surface area contributed by atoms with E-state index in [2.05, 4.69) is 4.99 Å². The fourth-order valence-corrected chi connectivity index (χ4v) is 2.02. The van der Waals surface area contributed by atoms with Crippen molar-refractivity contribution in [3.05, 3.63) is 71.8 Å². The summed E-state index contributed by atoms with van der Waals surface area (Å²) in [6.45, 7) is 3.91. The van der Waals surface area contributed by atoms with E-state index in [0.29, 0.717) is 6.61 Å². The van der Waals surface area contributed by atoms with E-state index in [9.17, 15) is 4.79 Å². The smallest absolute Gasteiger partial charge is 0.330 e. The van der Waals surface area contributed by atoms with Gasteiger partial charge in [0.2, 0.25) is 0 Å². The highest BCUT2D eigenvalue weighted by atomic mass is 16.5. The Balaban J connectivity index is 2.40. The van der Waals surface area contributed by atoms with Crippen LogP contribution in [0.3, 0.4) is 0 Å². The molecule has 0 heterocycles. The zero-order valence-corrected chi connectivity index (χ0v) is 12.3. The number of rotatable bonds is 5. The number of carbonyl (C=O) groups excluding carboxylic acids is 1. The molecule has 21 heavy (non-hydrogen) atoms. The van der Waals surface area contributed by atoms with Crippen molar-refractivity contribution >= 4 is 11.7 Å². The number of hydrogen-bond donors (Lipinski definition) is 0. The van der Waals surface area contributed by atoms with Crippen LogP contribution in [0.5, 0.6) is 0 Å². The summed E-state index contributed by atoms with van der Waals surface area (Å²) in [7, 11) is 0. The molecule has 2 aromatic carbocycles. The summed E-state index contributed by atoms with van der Waals surface area (Å²) in [6, 6.07) is 19.2. The van der Waals surface area contributed by atoms with E-state index >= 15 is 0 Å². The van der Waals surface area contributed by atoms with E-state index in [1.54, 1.807) is 13.8 Å². The van der Waals surface area contributed by atoms with Crippen LogP contribution >= 0.6 is 0 Å². The van der Waals surface area contributed by atoms with Crippen LogP contribution in [0.4, 0.5) is 0 Å². The van der Waals surface area contributed by atoms with Gasteiger partial charge in [-0.2, -0.15) is 0 Å². The molecule has 0 aliphatic heterocycles. The molecule has 2 aromatic rings. The Morgan fingerprint density at radius 3 is 1.90 bits per heavy atom. The first kappa shape index (κ1) is 15.0. The van der Waals surface area contributed by atoms with Crippen LogP contribution in [-0.4, -0.2) is 24.3 Å². The molecule has 0 amide bonds. The van der Waals surface area contributed by atoms with Crippen molar-refractivity contribution in [1.29, 1.82) is 0 Å². The molecule has 0 fully saturated rings. The summed E-state index contributed by atoms with van der Waals surface area (Å²) in [6.07, 6.45) is 0. The number of esters is 1. The molecule has 0 unspecified atom stereocenters. The molecule has 0 aromatic heterocycles. The van der Waals surface area contributed by atoms with Gasteiger partial charge >= 0.3 is 5.97 Å². The summed E-state index contributed by atoms with van der Waals surface area (Å²) >= 11 is 0. The number of aliphatic imine (C=N–C) groups is 1. The predicted molar refractivity (Wildman–Crippen MR) is 84.6 cm³/mol. The SMILES string of the molecule is CCOC(=O)[C@@H](C)N=C(c1ccccc1)c1ccccc1. The van der Waals surface area contributed by atoms with Gasteiger partial charge in [0.15, 0.2) is 0 Å². The van der Waals surface area contributed by atoms with Crippen LogP contribution in [0.1, 0.15) is 25.0 Å². The quantitative estimate of drug-likeness (QED) is 0.621. The fraction of sp³-hybridized carbons (Fsp3) is 0.222. The van der Waals surface area contributed by atoms with E-state index in [1.165, 1.54) is 0 Å². The maximum absolute atomic E-state index is 11.8. The topological polar surface area (TPSA) is 38.7 Å². The standard InChI is InChI=1S/C18H19NO2/c1-3-21-18(20)14(2)19-17(15-10-6-4-7-11-15)16-12-8-5-9-13-16/h4-14H,3H2,1-2H3/t14-/m1/s1. The van der Waals surface area contributed by atoms with Crippen molar-refractivity contribution in [3.63, 3.8) is 0 Å². The van der Waals surface area contributed by atoms with Crippen LogP contribution in [-0.2, 0) is 9.53 Å². The fourth-order valence-electron chi connectivity index (χ4n) is 2.02. The molecule has 3 nitrogen and oxygen atoms in total. The van der Waals surface area contributed by atoms with Crippen molar-refractivity contribution < 1.29 is 9.53 Å². The van der Waals surface area contributed by atoms with Gasteiger partial charge in [-0.25, -0.2) is 4.79 Å². The van der Waals surface area contributed by atoms with Gasteiger partial charge in [0.1, 0.15) is 6.04 Å². The number of carbonyl (C=O) groups is 1. The van der Waals surface area contributed by atoms with Crippen molar-refractivity contribution in [2.24, 2.45) is 4.99 Å². The maximum atomic E-state index is 11.8. The molecule has 0 N–H and O–H groups in total. The normalized spacial score (nSPS) is 11.5. The zero-order valence-electron chi connectivity index (χ0n) is 12.3. The summed E-state index contributed by atoms with van der Waals surface area (Å²) in [4.78, 5) is 16.4. The van der Waals surface area contributed by atoms with Crippen molar-refractivity contribution in [3.8, 4) is 0 Å². The van der Waals surface area contributed by atoms with Crippen LogP contribution in [0.15, 0.2) is 65.7 Å². The van der Waals surface area contributed by atoms with Crippen LogP contribution in [0, 0.1) is 0 Å². The van der Waals surface area contributed by atoms with E-state index in [1.807, 2.05) is 60.7 Å². The molecule has 0 aliphatic carbocycles. The van der Waals surface area contributed by atoms with Gasteiger partial charge in [0.05, 0.1) is 12.3 Å². The number of hydrogen-bond acceptors (Lipinski definition) is 3. The number of nitrogens with zero attached hydrogens (tertiary/aromatic N) is 1. The second kappa shape index (κ2) is 7.39. The molecule has 0 radical (unpaired) electrons. The molecule has 0 aliphatic rings. The Morgan fingerprint density at radius 2 is 1.48 bits per heavy atom. The highest BCUT2D eigenvalue weighted by Crippen LogP contribution is 2.12. The molecular formula is C18H19NO2. The molecule has 0 saturated carbocycles. The van der Waals surface area contributed by atoms with Crippen LogP contribution in [0.25, 0.3) is 0 Å². The van der Waals surface area contributed by atoms with Gasteiger partial charge in [-0.05, 0) is 13.8 Å². The number of benzene rings is 2. The van der Waals surface area contributed by atoms with Gasteiger partial charge in [-0.3, -0.25) is 4.99 Å². The Kier molecular flexibility index (Phi) is 5.27. The minimum atomic E-state index is -0.527. The van der Waals surface area contributed by atoms with Crippen LogP contribution < -0.4 is 0 Å². The first-order chi connectivity index (χ1) is 10.2. The molecule has 2 rings (SSSR count). The minimum absolute atomic E-state index is 0.304. The molecule has 0 saturated heterocycles. The van der Waals surface area contributed by atoms with Gasteiger partial charge < -0.3 is 4.74 Å². The highest BCUT2D eigenvalue weighted by Gasteiger charge is 2.15. The van der Waals surface area contributed by atoms with Gasteiger partial charge in [-0.1, -0.05) is 60.7 Å². The first-order valence-corrected chi connectivity index (χ1v) is 7.07.